The van der Waals surface area contributed by atoms with Gasteiger partial charge in [0, 0.05) is 61.4 Å². The van der Waals surface area contributed by atoms with Gasteiger partial charge in [-0.05, 0) is 37.5 Å². The lowest BCUT2D eigenvalue weighted by molar-refractivity contribution is -0.125. The van der Waals surface area contributed by atoms with Crippen molar-refractivity contribution in [2.24, 2.45) is 0 Å². The standard InChI is InChI=1S/C23H28N4O2S/c28-21(10-11-22(29)27-15-16-30-20-9-3-2-8-19(20)27)25-17-18-7-6-12-24-23(18)26-13-4-1-5-14-26/h2-3,6-9,12H,1,4-5,10-11,13-17H2,(H,25,28). The zero-order valence-corrected chi connectivity index (χ0v) is 18.0. The van der Waals surface area contributed by atoms with Gasteiger partial charge in [0.15, 0.2) is 0 Å². The Labute approximate surface area is 182 Å². The Bertz CT molecular complexity index is 898. The van der Waals surface area contributed by atoms with Crippen LogP contribution < -0.4 is 15.1 Å². The van der Waals surface area contributed by atoms with Gasteiger partial charge >= 0.3 is 0 Å². The molecule has 2 aliphatic heterocycles. The highest BCUT2D eigenvalue weighted by atomic mass is 32.2. The predicted octanol–water partition coefficient (Wildman–Crippen LogP) is 3.61. The number of hydrogen-bond donors (Lipinski definition) is 1. The summed E-state index contributed by atoms with van der Waals surface area (Å²) in [6.45, 7) is 3.16. The number of fused-ring (bicyclic) bond motifs is 1. The van der Waals surface area contributed by atoms with E-state index in [-0.39, 0.29) is 24.7 Å². The van der Waals surface area contributed by atoms with Crippen LogP contribution in [0.15, 0.2) is 47.5 Å². The van der Waals surface area contributed by atoms with Gasteiger partial charge in [0.2, 0.25) is 11.8 Å². The highest BCUT2D eigenvalue weighted by Crippen LogP contribution is 2.34. The van der Waals surface area contributed by atoms with Crippen molar-refractivity contribution in [1.82, 2.24) is 10.3 Å². The molecular weight excluding hydrogens is 396 g/mol. The number of aromatic nitrogens is 1. The van der Waals surface area contributed by atoms with E-state index in [1.165, 1.54) is 19.3 Å². The number of carbonyl (C=O) groups excluding carboxylic acids is 2. The Kier molecular flexibility index (Phi) is 6.89. The van der Waals surface area contributed by atoms with E-state index >= 15 is 0 Å². The Morgan fingerprint density at radius 1 is 1.00 bits per heavy atom. The molecule has 1 aromatic heterocycles. The first-order chi connectivity index (χ1) is 14.7. The molecule has 0 atom stereocenters. The summed E-state index contributed by atoms with van der Waals surface area (Å²) in [5.41, 5.74) is 1.99. The minimum Gasteiger partial charge on any atom is -0.356 e. The van der Waals surface area contributed by atoms with Gasteiger partial charge in [-0.25, -0.2) is 4.98 Å². The van der Waals surface area contributed by atoms with Crippen LogP contribution in [-0.2, 0) is 16.1 Å². The number of anilines is 2. The number of piperidine rings is 1. The first kappa shape index (κ1) is 20.7. The van der Waals surface area contributed by atoms with E-state index < -0.39 is 0 Å². The molecule has 1 fully saturated rings. The molecule has 0 radical (unpaired) electrons. The van der Waals surface area contributed by atoms with Crippen LogP contribution in [0.3, 0.4) is 0 Å². The number of nitrogens with one attached hydrogen (secondary N) is 1. The average Bonchev–Trinajstić information content (AvgIpc) is 2.81. The molecule has 1 saturated heterocycles. The summed E-state index contributed by atoms with van der Waals surface area (Å²) in [5.74, 6) is 1.76. The average molecular weight is 425 g/mol. The van der Waals surface area contributed by atoms with Gasteiger partial charge in [0.05, 0.1) is 5.69 Å². The summed E-state index contributed by atoms with van der Waals surface area (Å²) < 4.78 is 0. The molecule has 0 spiro atoms. The van der Waals surface area contributed by atoms with Crippen LogP contribution in [0.2, 0.25) is 0 Å². The minimum absolute atomic E-state index is 0.00767. The molecule has 0 saturated carbocycles. The maximum absolute atomic E-state index is 12.7. The topological polar surface area (TPSA) is 65.5 Å². The summed E-state index contributed by atoms with van der Waals surface area (Å²) >= 11 is 1.77. The van der Waals surface area contributed by atoms with E-state index in [4.69, 9.17) is 0 Å². The number of nitrogens with zero attached hydrogens (tertiary/aromatic N) is 3. The zero-order valence-electron chi connectivity index (χ0n) is 17.2. The van der Waals surface area contributed by atoms with Crippen LogP contribution in [0.5, 0.6) is 0 Å². The van der Waals surface area contributed by atoms with Crippen molar-refractivity contribution < 1.29 is 9.59 Å². The van der Waals surface area contributed by atoms with Gasteiger partial charge in [0.25, 0.3) is 0 Å². The molecule has 158 valence electrons. The minimum atomic E-state index is -0.100. The van der Waals surface area contributed by atoms with Crippen molar-refractivity contribution in [3.63, 3.8) is 0 Å². The molecule has 3 heterocycles. The number of hydrogen-bond acceptors (Lipinski definition) is 5. The Balaban J connectivity index is 1.30. The van der Waals surface area contributed by atoms with Crippen LogP contribution in [0.25, 0.3) is 0 Å². The third-order valence-electron chi connectivity index (χ3n) is 5.59. The summed E-state index contributed by atoms with van der Waals surface area (Å²) in [4.78, 5) is 34.9. The van der Waals surface area contributed by atoms with Crippen molar-refractivity contribution in [1.29, 1.82) is 0 Å². The largest absolute Gasteiger partial charge is 0.356 e. The summed E-state index contributed by atoms with van der Waals surface area (Å²) in [5, 5.41) is 2.98. The third-order valence-corrected chi connectivity index (χ3v) is 6.64. The van der Waals surface area contributed by atoms with Crippen LogP contribution in [0, 0.1) is 0 Å². The highest BCUT2D eigenvalue weighted by Gasteiger charge is 2.23. The third kappa shape index (κ3) is 4.95. The summed E-state index contributed by atoms with van der Waals surface area (Å²) in [6.07, 6.45) is 5.86. The van der Waals surface area contributed by atoms with Gasteiger partial charge < -0.3 is 15.1 Å². The second-order valence-corrected chi connectivity index (χ2v) is 8.81. The fourth-order valence-corrected chi connectivity index (χ4v) is 5.02. The van der Waals surface area contributed by atoms with Crippen LogP contribution in [0.4, 0.5) is 11.5 Å². The lowest BCUT2D eigenvalue weighted by Gasteiger charge is -2.29. The SMILES string of the molecule is O=C(CCC(=O)N1CCSc2ccccc21)NCc1cccnc1N1CCCCC1. The molecule has 1 N–H and O–H groups in total. The Hall–Kier alpha value is -2.54. The molecule has 0 unspecified atom stereocenters. The number of para-hydroxylation sites is 1. The van der Waals surface area contributed by atoms with Crippen molar-refractivity contribution in [2.45, 2.75) is 43.5 Å². The molecule has 6 nitrogen and oxygen atoms in total. The van der Waals surface area contributed by atoms with Crippen molar-refractivity contribution in [3.8, 4) is 0 Å². The van der Waals surface area contributed by atoms with Crippen LogP contribution in [0.1, 0.15) is 37.7 Å². The van der Waals surface area contributed by atoms with Crippen molar-refractivity contribution >= 4 is 35.1 Å². The van der Waals surface area contributed by atoms with E-state index in [1.807, 2.05) is 47.5 Å². The molecule has 7 heteroatoms. The zero-order chi connectivity index (χ0) is 20.8. The van der Waals surface area contributed by atoms with Gasteiger partial charge in [0.1, 0.15) is 5.82 Å². The van der Waals surface area contributed by atoms with Crippen LogP contribution in [-0.4, -0.2) is 42.2 Å². The Morgan fingerprint density at radius 2 is 1.83 bits per heavy atom. The second-order valence-electron chi connectivity index (χ2n) is 7.67. The van der Waals surface area contributed by atoms with Gasteiger partial charge in [-0.3, -0.25) is 9.59 Å². The lowest BCUT2D eigenvalue weighted by atomic mass is 10.1. The number of thioether (sulfide) groups is 1. The summed E-state index contributed by atoms with van der Waals surface area (Å²) in [7, 11) is 0. The maximum Gasteiger partial charge on any atom is 0.227 e. The van der Waals surface area contributed by atoms with E-state index in [0.717, 1.165) is 40.8 Å². The lowest BCUT2D eigenvalue weighted by Crippen LogP contribution is -2.36. The number of amides is 2. The normalized spacial score (nSPS) is 16.1. The molecule has 4 rings (SSSR count). The molecule has 30 heavy (non-hydrogen) atoms. The van der Waals surface area contributed by atoms with Crippen molar-refractivity contribution in [2.75, 3.05) is 35.2 Å². The first-order valence-corrected chi connectivity index (χ1v) is 11.7. The maximum atomic E-state index is 12.7. The van der Waals surface area contributed by atoms with Gasteiger partial charge in [-0.2, -0.15) is 0 Å². The van der Waals surface area contributed by atoms with E-state index in [0.29, 0.717) is 13.1 Å². The molecule has 1 aromatic carbocycles. The van der Waals surface area contributed by atoms with Gasteiger partial charge in [-0.1, -0.05) is 18.2 Å². The number of carbonyl (C=O) groups is 2. The quantitative estimate of drug-likeness (QED) is 0.767. The van der Waals surface area contributed by atoms with E-state index in [9.17, 15) is 9.59 Å². The molecular formula is C23H28N4O2S. The first-order valence-electron chi connectivity index (χ1n) is 10.7. The van der Waals surface area contributed by atoms with Crippen LogP contribution >= 0.6 is 11.8 Å². The Morgan fingerprint density at radius 3 is 2.70 bits per heavy atom. The molecule has 2 aliphatic rings. The van der Waals surface area contributed by atoms with E-state index in [1.54, 1.807) is 11.8 Å². The number of benzene rings is 1. The number of pyridine rings is 1. The fourth-order valence-electron chi connectivity index (χ4n) is 4.02. The molecule has 2 amide bonds. The molecule has 0 bridgehead atoms. The predicted molar refractivity (Wildman–Crippen MR) is 121 cm³/mol. The number of rotatable bonds is 6. The monoisotopic (exact) mass is 424 g/mol. The molecule has 2 aromatic rings. The second kappa shape index (κ2) is 9.98. The molecule has 0 aliphatic carbocycles. The van der Waals surface area contributed by atoms with Gasteiger partial charge in [-0.15, -0.1) is 11.8 Å². The summed E-state index contributed by atoms with van der Waals surface area (Å²) in [6, 6.07) is 11.9. The smallest absolute Gasteiger partial charge is 0.227 e. The fraction of sp³-hybridized carbons (Fsp3) is 0.435. The van der Waals surface area contributed by atoms with Crippen molar-refractivity contribution in [3.05, 3.63) is 48.2 Å². The van der Waals surface area contributed by atoms with E-state index in [2.05, 4.69) is 15.2 Å². The highest BCUT2D eigenvalue weighted by molar-refractivity contribution is 7.99.